The van der Waals surface area contributed by atoms with Crippen LogP contribution in [0.5, 0.6) is 0 Å². The van der Waals surface area contributed by atoms with Crippen molar-refractivity contribution in [2.75, 3.05) is 210 Å². The molecule has 400 valence electrons. The van der Waals surface area contributed by atoms with Gasteiger partial charge in [0.25, 0.3) is 0 Å². The van der Waals surface area contributed by atoms with Crippen LogP contribution in [0.15, 0.2) is 0 Å². The molecule has 24 nitrogen and oxygen atoms in total. The van der Waals surface area contributed by atoms with E-state index < -0.39 is 29.8 Å². The number of aliphatic hydroxyl groups excluding tert-OH is 4. The number of amides is 4. The van der Waals surface area contributed by atoms with E-state index in [0.717, 1.165) is 0 Å². The first-order valence-electron chi connectivity index (χ1n) is 24.9. The van der Waals surface area contributed by atoms with Gasteiger partial charge in [0, 0.05) is 131 Å². The maximum absolute atomic E-state index is 12.2. The third kappa shape index (κ3) is 21.5. The van der Waals surface area contributed by atoms with Crippen LogP contribution >= 0.6 is 0 Å². The number of aliphatic hydroxyl groups is 4. The van der Waals surface area contributed by atoms with Gasteiger partial charge in [-0.25, -0.2) is 19.2 Å². The molecule has 0 radical (unpaired) electrons. The van der Waals surface area contributed by atoms with E-state index in [1.54, 1.807) is 47.3 Å². The highest BCUT2D eigenvalue weighted by Crippen LogP contribution is 2.23. The second kappa shape index (κ2) is 31.8. The molecule has 4 aliphatic rings. The third-order valence-corrected chi connectivity index (χ3v) is 12.3. The highest BCUT2D eigenvalue weighted by atomic mass is 16.6. The van der Waals surface area contributed by atoms with E-state index in [1.807, 2.05) is 0 Å². The number of β-amino-alcohol motifs (C(OH)–C–C–N with tert-alkyl or cyclic N) is 4. The minimum absolute atomic E-state index is 0.00948. The van der Waals surface area contributed by atoms with Gasteiger partial charge in [0.1, 0.15) is 0 Å². The summed E-state index contributed by atoms with van der Waals surface area (Å²) in [6, 6.07) is 0. The average Bonchev–Trinajstić information content (AvgIpc) is 3.32. The Morgan fingerprint density at radius 3 is 0.725 bits per heavy atom. The van der Waals surface area contributed by atoms with Crippen LogP contribution in [-0.2, 0) is 37.9 Å². The molecule has 0 aliphatic carbocycles. The first kappa shape index (κ1) is 58.2. The van der Waals surface area contributed by atoms with Crippen LogP contribution in [0.1, 0.15) is 27.7 Å². The molecule has 69 heavy (non-hydrogen) atoms. The Labute approximate surface area is 408 Å². The summed E-state index contributed by atoms with van der Waals surface area (Å²) in [5.41, 5.74) is -1.04. The van der Waals surface area contributed by atoms with Gasteiger partial charge in [-0.3, -0.25) is 19.6 Å². The molecule has 0 aromatic rings. The van der Waals surface area contributed by atoms with Crippen molar-refractivity contribution in [2.24, 2.45) is 5.41 Å². The zero-order chi connectivity index (χ0) is 50.0. The number of nitrogens with zero attached hydrogens (tertiary/aromatic N) is 8. The maximum Gasteiger partial charge on any atom is 0.409 e. The van der Waals surface area contributed by atoms with Gasteiger partial charge in [-0.2, -0.15) is 0 Å². The first-order chi connectivity index (χ1) is 33.3. The van der Waals surface area contributed by atoms with Crippen LogP contribution in [0.3, 0.4) is 0 Å². The Kier molecular flexibility index (Phi) is 26.8. The van der Waals surface area contributed by atoms with Crippen LogP contribution in [0.2, 0.25) is 0 Å². The van der Waals surface area contributed by atoms with Gasteiger partial charge in [0.15, 0.2) is 0 Å². The van der Waals surface area contributed by atoms with Gasteiger partial charge in [0.05, 0.1) is 109 Å². The molecule has 0 saturated carbocycles. The molecular weight excluding hydrogens is 909 g/mol. The Bertz CT molecular complexity index is 1250. The van der Waals surface area contributed by atoms with Gasteiger partial charge in [-0.05, 0) is 27.7 Å². The monoisotopic (exact) mass is 993 g/mol. The van der Waals surface area contributed by atoms with E-state index >= 15 is 0 Å². The van der Waals surface area contributed by atoms with Crippen LogP contribution in [-0.4, -0.2) is 319 Å². The smallest absolute Gasteiger partial charge is 0.409 e. The zero-order valence-electron chi connectivity index (χ0n) is 41.7. The Morgan fingerprint density at radius 1 is 0.362 bits per heavy atom. The Balaban J connectivity index is 1.39. The molecule has 4 aliphatic heterocycles. The van der Waals surface area contributed by atoms with Gasteiger partial charge in [0.2, 0.25) is 0 Å². The lowest BCUT2D eigenvalue weighted by Crippen LogP contribution is -2.51. The normalized spacial score (nSPS) is 20.8. The van der Waals surface area contributed by atoms with E-state index in [2.05, 4.69) is 19.6 Å². The topological polar surface area (TPSA) is 249 Å². The molecular formula is C45H84N8O16. The fourth-order valence-corrected chi connectivity index (χ4v) is 8.61. The van der Waals surface area contributed by atoms with E-state index in [-0.39, 0.29) is 77.2 Å². The summed E-state index contributed by atoms with van der Waals surface area (Å²) in [6.07, 6.45) is -4.90. The van der Waals surface area contributed by atoms with Gasteiger partial charge >= 0.3 is 24.4 Å². The van der Waals surface area contributed by atoms with Gasteiger partial charge < -0.3 is 77.9 Å². The van der Waals surface area contributed by atoms with Gasteiger partial charge in [-0.1, -0.05) is 0 Å². The predicted molar refractivity (Wildman–Crippen MR) is 250 cm³/mol. The van der Waals surface area contributed by atoms with Crippen molar-refractivity contribution in [3.63, 3.8) is 0 Å². The second-order valence-corrected chi connectivity index (χ2v) is 18.1. The summed E-state index contributed by atoms with van der Waals surface area (Å²) in [7, 11) is 0. The number of piperazine rings is 4. The predicted octanol–water partition coefficient (Wildman–Crippen LogP) is -1.42. The molecule has 0 aromatic carbocycles. The van der Waals surface area contributed by atoms with Crippen molar-refractivity contribution in [3.8, 4) is 0 Å². The molecule has 4 saturated heterocycles. The molecule has 4 amide bonds. The fourth-order valence-electron chi connectivity index (χ4n) is 8.61. The van der Waals surface area contributed by atoms with Crippen LogP contribution in [0, 0.1) is 5.41 Å². The number of ether oxygens (including phenoxy) is 8. The van der Waals surface area contributed by atoms with Crippen molar-refractivity contribution in [3.05, 3.63) is 0 Å². The molecule has 4 fully saturated rings. The summed E-state index contributed by atoms with van der Waals surface area (Å²) in [6.45, 7) is 17.6. The summed E-state index contributed by atoms with van der Waals surface area (Å²) in [5.74, 6) is 0. The van der Waals surface area contributed by atoms with Gasteiger partial charge in [-0.15, -0.1) is 0 Å². The van der Waals surface area contributed by atoms with Crippen LogP contribution in [0.4, 0.5) is 19.2 Å². The molecule has 4 rings (SSSR count). The van der Waals surface area contributed by atoms with Crippen molar-refractivity contribution < 1.29 is 77.5 Å². The molecule has 4 heterocycles. The number of rotatable bonds is 28. The van der Waals surface area contributed by atoms with E-state index in [1.165, 1.54) is 0 Å². The molecule has 4 N–H and O–H groups in total. The largest absolute Gasteiger partial charge is 0.450 e. The van der Waals surface area contributed by atoms with Crippen molar-refractivity contribution in [1.29, 1.82) is 0 Å². The number of hydrogen-bond acceptors (Lipinski definition) is 20. The van der Waals surface area contributed by atoms with Crippen LogP contribution < -0.4 is 0 Å². The standard InChI is InChI=1S/C45H84N8O16/c1-5-66-41(58)50-17-9-46(10-18-50)25-37(54)29-62-33-45(34-63-30-38(55)26-47-11-19-51(20-12-47)42(59)67-6-2,35-64-31-39(56)27-48-13-21-52(22-14-48)43(60)68-7-3)36-65-32-40(57)28-49-15-23-53(24-16-49)44(61)69-8-4/h37-40,54-57H,5-36H2,1-4H3. The minimum atomic E-state index is -1.04. The summed E-state index contributed by atoms with van der Waals surface area (Å²) in [5, 5.41) is 44.5. The molecule has 24 heteroatoms. The number of carbonyl (C=O) groups is 4. The minimum Gasteiger partial charge on any atom is -0.450 e. The lowest BCUT2D eigenvalue weighted by Gasteiger charge is -2.37. The van der Waals surface area contributed by atoms with Crippen molar-refractivity contribution in [1.82, 2.24) is 39.2 Å². The SMILES string of the molecule is CCOC(=O)N1CCN(CC(O)COCC(COCC(O)CN2CCN(C(=O)OCC)CC2)(COCC(O)CN2CCN(C(=O)OCC)CC2)COCC(O)CN2CCN(C(=O)OCC)CC2)CC1. The number of hydrogen-bond donors (Lipinski definition) is 4. The van der Waals surface area contributed by atoms with Crippen molar-refractivity contribution in [2.45, 2.75) is 52.1 Å². The van der Waals surface area contributed by atoms with E-state index in [9.17, 15) is 39.6 Å². The van der Waals surface area contributed by atoms with Crippen LogP contribution in [0.25, 0.3) is 0 Å². The second-order valence-electron chi connectivity index (χ2n) is 18.1. The molecule has 4 unspecified atom stereocenters. The lowest BCUT2D eigenvalue weighted by molar-refractivity contribution is -0.134. The maximum atomic E-state index is 12.2. The quantitative estimate of drug-likeness (QED) is 0.0657. The summed E-state index contributed by atoms with van der Waals surface area (Å²) < 4.78 is 45.5. The van der Waals surface area contributed by atoms with E-state index in [4.69, 9.17) is 37.9 Å². The summed E-state index contributed by atoms with van der Waals surface area (Å²) >= 11 is 0. The van der Waals surface area contributed by atoms with Crippen molar-refractivity contribution >= 4 is 24.4 Å². The Hall–Kier alpha value is -3.40. The fraction of sp³-hybridized carbons (Fsp3) is 0.911. The van der Waals surface area contributed by atoms with E-state index in [0.29, 0.717) is 157 Å². The molecule has 0 spiro atoms. The highest BCUT2D eigenvalue weighted by Gasteiger charge is 2.35. The highest BCUT2D eigenvalue weighted by molar-refractivity contribution is 5.68. The molecule has 0 bridgehead atoms. The summed E-state index contributed by atoms with van der Waals surface area (Å²) in [4.78, 5) is 63.6. The lowest BCUT2D eigenvalue weighted by atomic mass is 9.92. The molecule has 4 atom stereocenters. The molecule has 0 aromatic heterocycles. The zero-order valence-corrected chi connectivity index (χ0v) is 41.7. The number of carbonyl (C=O) groups excluding carboxylic acids is 4. The Morgan fingerprint density at radius 2 is 0.551 bits per heavy atom. The average molecular weight is 993 g/mol. The first-order valence-corrected chi connectivity index (χ1v) is 24.9. The third-order valence-electron chi connectivity index (χ3n) is 12.3.